The second-order valence-corrected chi connectivity index (χ2v) is 8.62. The molecule has 2 amide bonds. The second kappa shape index (κ2) is 9.68. The molecular formula is C23H21ClFN7O3. The number of nitrogens with one attached hydrogen (secondary N) is 2. The summed E-state index contributed by atoms with van der Waals surface area (Å²) < 4.78 is 20.5. The molecule has 1 fully saturated rings. The Bertz CT molecular complexity index is 1300. The van der Waals surface area contributed by atoms with Crippen LogP contribution in [0, 0.1) is 17.2 Å². The number of alkyl halides is 1. The van der Waals surface area contributed by atoms with E-state index in [1.807, 2.05) is 0 Å². The summed E-state index contributed by atoms with van der Waals surface area (Å²) in [5.74, 6) is -0.675. The van der Waals surface area contributed by atoms with E-state index in [0.717, 1.165) is 0 Å². The average Bonchev–Trinajstić information content (AvgIpc) is 3.17. The van der Waals surface area contributed by atoms with Crippen molar-refractivity contribution in [2.24, 2.45) is 13.0 Å². The van der Waals surface area contributed by atoms with Crippen LogP contribution in [-0.4, -0.2) is 37.6 Å². The summed E-state index contributed by atoms with van der Waals surface area (Å²) in [4.78, 5) is 29.0. The quantitative estimate of drug-likeness (QED) is 0.514. The van der Waals surface area contributed by atoms with Gasteiger partial charge in [-0.15, -0.1) is 5.10 Å². The predicted molar refractivity (Wildman–Crippen MR) is 125 cm³/mol. The third-order valence-corrected chi connectivity index (χ3v) is 6.00. The number of rotatable bonds is 6. The number of hydrogen-bond donors (Lipinski definition) is 2. The zero-order chi connectivity index (χ0) is 25.2. The van der Waals surface area contributed by atoms with E-state index in [-0.39, 0.29) is 24.6 Å². The van der Waals surface area contributed by atoms with Crippen LogP contribution in [0.2, 0.25) is 5.02 Å². The lowest BCUT2D eigenvalue weighted by molar-refractivity contribution is -0.126. The molecule has 0 radical (unpaired) electrons. The van der Waals surface area contributed by atoms with Crippen LogP contribution >= 0.6 is 11.6 Å². The van der Waals surface area contributed by atoms with E-state index in [9.17, 15) is 14.0 Å². The maximum atomic E-state index is 13.7. The van der Waals surface area contributed by atoms with Crippen molar-refractivity contribution < 1.29 is 18.7 Å². The number of pyridine rings is 1. The number of nitrogens with zero attached hydrogens (tertiary/aromatic N) is 5. The molecule has 1 saturated carbocycles. The number of aromatic nitrogens is 4. The minimum Gasteiger partial charge on any atom is -0.441 e. The van der Waals surface area contributed by atoms with Crippen LogP contribution in [0.3, 0.4) is 0 Å². The monoisotopic (exact) mass is 497 g/mol. The van der Waals surface area contributed by atoms with Crippen LogP contribution in [-0.2, 0) is 16.6 Å². The first kappa shape index (κ1) is 24.1. The topological polar surface area (TPSA) is 135 Å². The van der Waals surface area contributed by atoms with Crippen molar-refractivity contribution in [1.82, 2.24) is 20.0 Å². The zero-order valence-corrected chi connectivity index (χ0v) is 19.6. The van der Waals surface area contributed by atoms with Crippen LogP contribution in [0.15, 0.2) is 42.6 Å². The molecule has 12 heteroatoms. The summed E-state index contributed by atoms with van der Waals surface area (Å²) in [6.07, 6.45) is -0.160. The lowest BCUT2D eigenvalue weighted by Gasteiger charge is -2.34. The Labute approximate surface area is 205 Å². The van der Waals surface area contributed by atoms with Crippen molar-refractivity contribution in [1.29, 1.82) is 5.26 Å². The number of anilines is 2. The number of carbonyl (C=O) groups excluding carboxylic acids is 2. The first-order valence-electron chi connectivity index (χ1n) is 10.7. The number of hydrogen-bond acceptors (Lipinski definition) is 7. The van der Waals surface area contributed by atoms with Crippen LogP contribution in [0.25, 0.3) is 11.4 Å². The molecule has 0 bridgehead atoms. The number of carbonyl (C=O) groups is 2. The molecule has 1 aromatic carbocycles. The van der Waals surface area contributed by atoms with Crippen molar-refractivity contribution in [2.75, 3.05) is 10.6 Å². The zero-order valence-electron chi connectivity index (χ0n) is 18.8. The van der Waals surface area contributed by atoms with Crippen molar-refractivity contribution >= 4 is 35.1 Å². The van der Waals surface area contributed by atoms with Crippen LogP contribution < -0.4 is 10.6 Å². The van der Waals surface area contributed by atoms with Gasteiger partial charge in [-0.1, -0.05) is 35.0 Å². The lowest BCUT2D eigenvalue weighted by Crippen LogP contribution is -2.44. The Kier molecular flexibility index (Phi) is 6.66. The Balaban J connectivity index is 1.41. The van der Waals surface area contributed by atoms with E-state index in [2.05, 4.69) is 25.9 Å². The number of benzene rings is 1. The first-order valence-corrected chi connectivity index (χ1v) is 11.1. The van der Waals surface area contributed by atoms with Gasteiger partial charge in [0.2, 0.25) is 5.91 Å². The normalized spacial score (nSPS) is 19.7. The van der Waals surface area contributed by atoms with E-state index in [1.165, 1.54) is 10.9 Å². The maximum absolute atomic E-state index is 13.7. The largest absolute Gasteiger partial charge is 0.441 e. The minimum atomic E-state index is -1.92. The minimum absolute atomic E-state index is 0.124. The highest BCUT2D eigenvalue weighted by atomic mass is 35.5. The standard InChI is InChI=1S/C23H21ClFN7O3/c1-13(16-5-3-4-6-17(16)24)35-22(34)29-20-19(30-31-32(20)2)18-8-7-15(11-27-18)28-21(33)14-9-23(25,10-14)12-26/h3-8,11,13-14H,9-10H2,1-2H3,(H,28,33)(H,29,34)/t13-,14-,23-/m1/s1. The molecule has 3 aromatic rings. The van der Waals surface area contributed by atoms with E-state index in [4.69, 9.17) is 21.6 Å². The van der Waals surface area contributed by atoms with E-state index >= 15 is 0 Å². The SMILES string of the molecule is C[C@@H](OC(=O)Nc1c(-c2ccc(NC(=O)[C@H]3C[C@@](F)(C#N)C3)cn2)nnn1C)c1ccccc1Cl. The number of ether oxygens (including phenoxy) is 1. The van der Waals surface area contributed by atoms with Gasteiger partial charge < -0.3 is 10.1 Å². The van der Waals surface area contributed by atoms with Gasteiger partial charge in [0.1, 0.15) is 12.2 Å². The molecule has 0 spiro atoms. The number of nitriles is 1. The summed E-state index contributed by atoms with van der Waals surface area (Å²) in [5, 5.41) is 22.5. The lowest BCUT2D eigenvalue weighted by atomic mass is 9.72. The molecule has 0 unspecified atom stereocenters. The van der Waals surface area contributed by atoms with E-state index < -0.39 is 23.8 Å². The van der Waals surface area contributed by atoms with Gasteiger partial charge >= 0.3 is 6.09 Å². The van der Waals surface area contributed by atoms with Gasteiger partial charge in [-0.3, -0.25) is 15.1 Å². The molecule has 0 saturated heterocycles. The molecular weight excluding hydrogens is 477 g/mol. The van der Waals surface area contributed by atoms with Crippen molar-refractivity contribution in [2.45, 2.75) is 31.5 Å². The van der Waals surface area contributed by atoms with Gasteiger partial charge in [-0.2, -0.15) is 5.26 Å². The van der Waals surface area contributed by atoms with Gasteiger partial charge in [-0.25, -0.2) is 13.9 Å². The Morgan fingerprint density at radius 1 is 1.29 bits per heavy atom. The fraction of sp³-hybridized carbons (Fsp3) is 0.304. The molecule has 0 aliphatic heterocycles. The summed E-state index contributed by atoms with van der Waals surface area (Å²) in [7, 11) is 1.60. The van der Waals surface area contributed by atoms with Crippen molar-refractivity contribution in [3.05, 3.63) is 53.2 Å². The summed E-state index contributed by atoms with van der Waals surface area (Å²) in [6, 6.07) is 11.8. The molecule has 2 heterocycles. The fourth-order valence-corrected chi connectivity index (χ4v) is 3.96. The van der Waals surface area contributed by atoms with Crippen LogP contribution in [0.5, 0.6) is 0 Å². The maximum Gasteiger partial charge on any atom is 0.413 e. The fourth-order valence-electron chi connectivity index (χ4n) is 3.67. The molecule has 4 rings (SSSR count). The summed E-state index contributed by atoms with van der Waals surface area (Å²) >= 11 is 6.17. The van der Waals surface area contributed by atoms with Gasteiger partial charge in [0.05, 0.1) is 17.6 Å². The first-order chi connectivity index (χ1) is 16.7. The molecule has 1 atom stereocenters. The third-order valence-electron chi connectivity index (χ3n) is 5.66. The predicted octanol–water partition coefficient (Wildman–Crippen LogP) is 4.42. The van der Waals surface area contributed by atoms with Gasteiger partial charge in [-0.05, 0) is 25.1 Å². The number of aryl methyl sites for hydroxylation is 1. The highest BCUT2D eigenvalue weighted by Crippen LogP contribution is 2.41. The Hall–Kier alpha value is -4.04. The van der Waals surface area contributed by atoms with Gasteiger partial charge in [0, 0.05) is 36.4 Å². The van der Waals surface area contributed by atoms with Crippen molar-refractivity contribution in [3.63, 3.8) is 0 Å². The molecule has 2 aromatic heterocycles. The molecule has 35 heavy (non-hydrogen) atoms. The molecule has 1 aliphatic rings. The molecule has 10 nitrogen and oxygen atoms in total. The second-order valence-electron chi connectivity index (χ2n) is 8.21. The highest BCUT2D eigenvalue weighted by Gasteiger charge is 2.48. The van der Waals surface area contributed by atoms with Gasteiger partial charge in [0.25, 0.3) is 0 Å². The summed E-state index contributed by atoms with van der Waals surface area (Å²) in [5.41, 5.74) is -0.173. The Morgan fingerprint density at radius 2 is 2.03 bits per heavy atom. The van der Waals surface area contributed by atoms with E-state index in [1.54, 1.807) is 56.4 Å². The molecule has 1 aliphatic carbocycles. The van der Waals surface area contributed by atoms with Crippen LogP contribution in [0.1, 0.15) is 31.4 Å². The smallest absolute Gasteiger partial charge is 0.413 e. The average molecular weight is 498 g/mol. The highest BCUT2D eigenvalue weighted by molar-refractivity contribution is 6.31. The van der Waals surface area contributed by atoms with Crippen molar-refractivity contribution in [3.8, 4) is 17.5 Å². The van der Waals surface area contributed by atoms with Gasteiger partial charge in [0.15, 0.2) is 17.2 Å². The number of halogens is 2. The molecule has 2 N–H and O–H groups in total. The molecule has 180 valence electrons. The Morgan fingerprint density at radius 3 is 2.69 bits per heavy atom. The summed E-state index contributed by atoms with van der Waals surface area (Å²) in [6.45, 7) is 1.70. The van der Waals surface area contributed by atoms with Crippen LogP contribution in [0.4, 0.5) is 20.7 Å². The number of amides is 2. The third kappa shape index (κ3) is 5.22. The van der Waals surface area contributed by atoms with E-state index in [0.29, 0.717) is 27.7 Å².